The number of hydrogen-bond donors (Lipinski definition) is 2. The summed E-state index contributed by atoms with van der Waals surface area (Å²) in [6.07, 6.45) is 3.73. The van der Waals surface area contributed by atoms with Crippen molar-refractivity contribution < 1.29 is 4.79 Å². The van der Waals surface area contributed by atoms with E-state index in [0.717, 1.165) is 11.4 Å². The summed E-state index contributed by atoms with van der Waals surface area (Å²) >= 11 is 0. The first-order chi connectivity index (χ1) is 9.25. The largest absolute Gasteiger partial charge is 0.384 e. The molecule has 19 heavy (non-hydrogen) atoms. The molecule has 0 atom stereocenters. The van der Waals surface area contributed by atoms with Crippen LogP contribution in [0.25, 0.3) is 0 Å². The van der Waals surface area contributed by atoms with Gasteiger partial charge in [-0.15, -0.1) is 0 Å². The van der Waals surface area contributed by atoms with Gasteiger partial charge in [0, 0.05) is 24.8 Å². The van der Waals surface area contributed by atoms with Crippen LogP contribution in [0.15, 0.2) is 48.8 Å². The number of hydrogen-bond acceptors (Lipinski definition) is 3. The third kappa shape index (κ3) is 4.10. The smallest absolute Gasteiger partial charge is 0.226 e. The van der Waals surface area contributed by atoms with Gasteiger partial charge in [0.15, 0.2) is 0 Å². The summed E-state index contributed by atoms with van der Waals surface area (Å²) in [5, 5.41) is 6.05. The van der Waals surface area contributed by atoms with Crippen LogP contribution in [0.4, 0.5) is 11.4 Å². The van der Waals surface area contributed by atoms with Crippen LogP contribution in [0.3, 0.4) is 0 Å². The SMILES string of the molecule is Cc1ccccc1NCCC(=O)Nc1cccnc1. The number of nitrogens with one attached hydrogen (secondary N) is 2. The predicted molar refractivity (Wildman–Crippen MR) is 77.2 cm³/mol. The average molecular weight is 255 g/mol. The van der Waals surface area contributed by atoms with E-state index in [1.165, 1.54) is 5.56 Å². The fourth-order valence-corrected chi connectivity index (χ4v) is 1.74. The lowest BCUT2D eigenvalue weighted by Gasteiger charge is -2.09. The van der Waals surface area contributed by atoms with Gasteiger partial charge in [0.05, 0.1) is 11.9 Å². The lowest BCUT2D eigenvalue weighted by molar-refractivity contribution is -0.115. The number of rotatable bonds is 5. The van der Waals surface area contributed by atoms with Crippen LogP contribution in [-0.2, 0) is 4.79 Å². The second-order valence-corrected chi connectivity index (χ2v) is 4.28. The molecule has 4 nitrogen and oxygen atoms in total. The highest BCUT2D eigenvalue weighted by molar-refractivity contribution is 5.90. The Morgan fingerprint density at radius 2 is 2.05 bits per heavy atom. The molecule has 0 saturated carbocycles. The average Bonchev–Trinajstić information content (AvgIpc) is 2.42. The maximum Gasteiger partial charge on any atom is 0.226 e. The molecule has 0 fully saturated rings. The van der Waals surface area contributed by atoms with Crippen LogP contribution in [0.1, 0.15) is 12.0 Å². The first-order valence-electron chi connectivity index (χ1n) is 6.25. The fourth-order valence-electron chi connectivity index (χ4n) is 1.74. The van der Waals surface area contributed by atoms with Crippen molar-refractivity contribution in [1.82, 2.24) is 4.98 Å². The quantitative estimate of drug-likeness (QED) is 0.863. The Hall–Kier alpha value is -2.36. The fraction of sp³-hybridized carbons (Fsp3) is 0.200. The number of benzene rings is 1. The molecular weight excluding hydrogens is 238 g/mol. The Morgan fingerprint density at radius 3 is 2.79 bits per heavy atom. The first-order valence-corrected chi connectivity index (χ1v) is 6.25. The Balaban J connectivity index is 1.77. The molecule has 0 unspecified atom stereocenters. The summed E-state index contributed by atoms with van der Waals surface area (Å²) in [6, 6.07) is 11.6. The van der Waals surface area contributed by atoms with Gasteiger partial charge >= 0.3 is 0 Å². The molecule has 4 heteroatoms. The van der Waals surface area contributed by atoms with Crippen molar-refractivity contribution in [3.63, 3.8) is 0 Å². The number of carbonyl (C=O) groups excluding carboxylic acids is 1. The molecule has 1 heterocycles. The van der Waals surface area contributed by atoms with Crippen molar-refractivity contribution in [2.45, 2.75) is 13.3 Å². The zero-order valence-corrected chi connectivity index (χ0v) is 10.9. The molecule has 1 aromatic carbocycles. The second kappa shape index (κ2) is 6.54. The molecule has 0 radical (unpaired) electrons. The van der Waals surface area contributed by atoms with E-state index in [2.05, 4.69) is 15.6 Å². The van der Waals surface area contributed by atoms with Crippen LogP contribution >= 0.6 is 0 Å². The van der Waals surface area contributed by atoms with Crippen LogP contribution in [0, 0.1) is 6.92 Å². The molecule has 2 rings (SSSR count). The first kappa shape index (κ1) is 13.1. The van der Waals surface area contributed by atoms with E-state index >= 15 is 0 Å². The molecule has 2 N–H and O–H groups in total. The number of carbonyl (C=O) groups is 1. The minimum Gasteiger partial charge on any atom is -0.384 e. The van der Waals surface area contributed by atoms with Crippen LogP contribution in [-0.4, -0.2) is 17.4 Å². The third-order valence-electron chi connectivity index (χ3n) is 2.76. The molecule has 98 valence electrons. The van der Waals surface area contributed by atoms with Crippen molar-refractivity contribution >= 4 is 17.3 Å². The summed E-state index contributed by atoms with van der Waals surface area (Å²) in [6.45, 7) is 2.65. The second-order valence-electron chi connectivity index (χ2n) is 4.28. The molecule has 1 amide bonds. The molecule has 0 aliphatic carbocycles. The summed E-state index contributed by atoms with van der Waals surface area (Å²) in [7, 11) is 0. The van der Waals surface area contributed by atoms with Crippen molar-refractivity contribution in [1.29, 1.82) is 0 Å². The van der Waals surface area contributed by atoms with Gasteiger partial charge in [0.1, 0.15) is 0 Å². The summed E-state index contributed by atoms with van der Waals surface area (Å²) < 4.78 is 0. The number of anilines is 2. The lowest BCUT2D eigenvalue weighted by atomic mass is 10.2. The number of aryl methyl sites for hydroxylation is 1. The highest BCUT2D eigenvalue weighted by atomic mass is 16.1. The van der Waals surface area contributed by atoms with Crippen LogP contribution in [0.5, 0.6) is 0 Å². The highest BCUT2D eigenvalue weighted by Gasteiger charge is 2.02. The molecule has 0 spiro atoms. The van der Waals surface area contributed by atoms with Gasteiger partial charge < -0.3 is 10.6 Å². The van der Waals surface area contributed by atoms with E-state index < -0.39 is 0 Å². The van der Waals surface area contributed by atoms with Gasteiger partial charge in [-0.1, -0.05) is 18.2 Å². The van der Waals surface area contributed by atoms with Crippen molar-refractivity contribution in [2.24, 2.45) is 0 Å². The third-order valence-corrected chi connectivity index (χ3v) is 2.76. The number of nitrogens with zero attached hydrogens (tertiary/aromatic N) is 1. The molecular formula is C15H17N3O. The summed E-state index contributed by atoms with van der Waals surface area (Å²) in [5.41, 5.74) is 2.97. The van der Waals surface area contributed by atoms with E-state index in [1.54, 1.807) is 18.5 Å². The maximum absolute atomic E-state index is 11.7. The van der Waals surface area contributed by atoms with E-state index in [4.69, 9.17) is 0 Å². The van der Waals surface area contributed by atoms with E-state index in [-0.39, 0.29) is 5.91 Å². The normalized spacial score (nSPS) is 9.95. The van der Waals surface area contributed by atoms with Gasteiger partial charge in [-0.2, -0.15) is 0 Å². The maximum atomic E-state index is 11.7. The van der Waals surface area contributed by atoms with Gasteiger partial charge in [0.2, 0.25) is 5.91 Å². The minimum atomic E-state index is -0.0194. The number of aromatic nitrogens is 1. The lowest BCUT2D eigenvalue weighted by Crippen LogP contribution is -2.16. The Labute approximate surface area is 112 Å². The van der Waals surface area contributed by atoms with E-state index in [1.807, 2.05) is 37.3 Å². The Kier molecular flexibility index (Phi) is 4.50. The molecule has 0 aliphatic rings. The summed E-state index contributed by atoms with van der Waals surface area (Å²) in [4.78, 5) is 15.7. The zero-order chi connectivity index (χ0) is 13.5. The minimum absolute atomic E-state index is 0.0194. The zero-order valence-electron chi connectivity index (χ0n) is 10.9. The van der Waals surface area contributed by atoms with Gasteiger partial charge in [-0.3, -0.25) is 9.78 Å². The predicted octanol–water partition coefficient (Wildman–Crippen LogP) is 2.83. The van der Waals surface area contributed by atoms with Crippen molar-refractivity contribution in [3.05, 3.63) is 54.4 Å². The van der Waals surface area contributed by atoms with Crippen LogP contribution in [0.2, 0.25) is 0 Å². The monoisotopic (exact) mass is 255 g/mol. The van der Waals surface area contributed by atoms with Gasteiger partial charge in [0.25, 0.3) is 0 Å². The topological polar surface area (TPSA) is 54.0 Å². The Morgan fingerprint density at radius 1 is 1.21 bits per heavy atom. The van der Waals surface area contributed by atoms with E-state index in [9.17, 15) is 4.79 Å². The number of pyridine rings is 1. The van der Waals surface area contributed by atoms with Gasteiger partial charge in [-0.05, 0) is 30.7 Å². The number of amides is 1. The summed E-state index contributed by atoms with van der Waals surface area (Å²) in [5.74, 6) is -0.0194. The van der Waals surface area contributed by atoms with E-state index in [0.29, 0.717) is 13.0 Å². The van der Waals surface area contributed by atoms with Crippen molar-refractivity contribution in [2.75, 3.05) is 17.2 Å². The molecule has 0 saturated heterocycles. The molecule has 0 bridgehead atoms. The molecule has 0 aliphatic heterocycles. The van der Waals surface area contributed by atoms with Gasteiger partial charge in [-0.25, -0.2) is 0 Å². The highest BCUT2D eigenvalue weighted by Crippen LogP contribution is 2.12. The number of para-hydroxylation sites is 1. The molecule has 2 aromatic rings. The van der Waals surface area contributed by atoms with Crippen LogP contribution < -0.4 is 10.6 Å². The molecule has 1 aromatic heterocycles. The van der Waals surface area contributed by atoms with Crippen molar-refractivity contribution in [3.8, 4) is 0 Å². The Bertz CT molecular complexity index is 540. The standard InChI is InChI=1S/C15H17N3O/c1-12-5-2-3-7-14(12)17-10-8-15(19)18-13-6-4-9-16-11-13/h2-7,9,11,17H,8,10H2,1H3,(H,18,19).